The molecule has 1 saturated heterocycles. The number of carbonyl (C=O) groups is 1. The number of nitrogens with one attached hydrogen (secondary N) is 1. The predicted octanol–water partition coefficient (Wildman–Crippen LogP) is 0.816. The SMILES string of the molecule is NC1CCCC1C(=O)NCCCOCC1CCCO1. The summed E-state index contributed by atoms with van der Waals surface area (Å²) in [6.07, 6.45) is 6.36. The van der Waals surface area contributed by atoms with Crippen LogP contribution >= 0.6 is 0 Å². The molecule has 2 aliphatic rings. The maximum Gasteiger partial charge on any atom is 0.224 e. The Morgan fingerprint density at radius 2 is 2.21 bits per heavy atom. The highest BCUT2D eigenvalue weighted by Gasteiger charge is 2.29. The number of rotatable bonds is 7. The van der Waals surface area contributed by atoms with E-state index in [0.717, 1.165) is 45.1 Å². The van der Waals surface area contributed by atoms with E-state index < -0.39 is 0 Å². The van der Waals surface area contributed by atoms with E-state index in [1.807, 2.05) is 0 Å². The van der Waals surface area contributed by atoms with Gasteiger partial charge in [0, 0.05) is 25.8 Å². The molecule has 2 fully saturated rings. The van der Waals surface area contributed by atoms with E-state index in [0.29, 0.717) is 19.8 Å². The lowest BCUT2D eigenvalue weighted by Crippen LogP contribution is -2.39. The first-order valence-electron chi connectivity index (χ1n) is 7.50. The van der Waals surface area contributed by atoms with E-state index in [-0.39, 0.29) is 24.0 Å². The second-order valence-corrected chi connectivity index (χ2v) is 5.56. The van der Waals surface area contributed by atoms with Gasteiger partial charge in [-0.15, -0.1) is 0 Å². The van der Waals surface area contributed by atoms with E-state index in [1.165, 1.54) is 0 Å². The van der Waals surface area contributed by atoms with Crippen LogP contribution in [0.4, 0.5) is 0 Å². The van der Waals surface area contributed by atoms with Gasteiger partial charge in [0.15, 0.2) is 0 Å². The van der Waals surface area contributed by atoms with Crippen LogP contribution in [0.15, 0.2) is 0 Å². The third-order valence-corrected chi connectivity index (χ3v) is 4.00. The first kappa shape index (κ1) is 14.8. The van der Waals surface area contributed by atoms with Gasteiger partial charge in [-0.25, -0.2) is 0 Å². The van der Waals surface area contributed by atoms with Crippen molar-refractivity contribution < 1.29 is 14.3 Å². The number of hydrogen-bond donors (Lipinski definition) is 2. The molecule has 19 heavy (non-hydrogen) atoms. The minimum atomic E-state index is 0.0211. The van der Waals surface area contributed by atoms with Crippen LogP contribution in [0.1, 0.15) is 38.5 Å². The summed E-state index contributed by atoms with van der Waals surface area (Å²) in [6, 6.07) is 0.0516. The van der Waals surface area contributed by atoms with Crippen LogP contribution in [0.5, 0.6) is 0 Å². The average Bonchev–Trinajstić information content (AvgIpc) is 3.04. The average molecular weight is 270 g/mol. The van der Waals surface area contributed by atoms with Gasteiger partial charge < -0.3 is 20.5 Å². The molecule has 1 amide bonds. The number of amides is 1. The predicted molar refractivity (Wildman–Crippen MR) is 72.7 cm³/mol. The summed E-state index contributed by atoms with van der Waals surface area (Å²) in [5, 5.41) is 2.95. The summed E-state index contributed by atoms with van der Waals surface area (Å²) in [4.78, 5) is 11.8. The minimum absolute atomic E-state index is 0.0211. The number of carbonyl (C=O) groups excluding carboxylic acids is 1. The van der Waals surface area contributed by atoms with Gasteiger partial charge in [0.1, 0.15) is 0 Å². The topological polar surface area (TPSA) is 73.6 Å². The first-order chi connectivity index (χ1) is 9.27. The summed E-state index contributed by atoms with van der Waals surface area (Å²) in [7, 11) is 0. The van der Waals surface area contributed by atoms with Crippen molar-refractivity contribution in [3.63, 3.8) is 0 Å². The molecule has 0 radical (unpaired) electrons. The lowest BCUT2D eigenvalue weighted by atomic mass is 10.0. The van der Waals surface area contributed by atoms with Gasteiger partial charge in [0.2, 0.25) is 5.91 Å². The van der Waals surface area contributed by atoms with Crippen molar-refractivity contribution in [2.75, 3.05) is 26.4 Å². The van der Waals surface area contributed by atoms with Crippen LogP contribution in [0.25, 0.3) is 0 Å². The molecule has 1 aliphatic carbocycles. The van der Waals surface area contributed by atoms with Crippen molar-refractivity contribution in [2.45, 2.75) is 50.7 Å². The molecule has 0 spiro atoms. The summed E-state index contributed by atoms with van der Waals surface area (Å²) in [6.45, 7) is 2.90. The molecule has 0 aromatic rings. The van der Waals surface area contributed by atoms with Crippen LogP contribution in [-0.2, 0) is 14.3 Å². The smallest absolute Gasteiger partial charge is 0.224 e. The Kier molecular flexibility index (Phi) is 6.07. The monoisotopic (exact) mass is 270 g/mol. The molecule has 0 bridgehead atoms. The fourth-order valence-corrected chi connectivity index (χ4v) is 2.82. The van der Waals surface area contributed by atoms with E-state index in [9.17, 15) is 4.79 Å². The first-order valence-corrected chi connectivity index (χ1v) is 7.50. The molecule has 0 aromatic heterocycles. The van der Waals surface area contributed by atoms with Crippen LogP contribution < -0.4 is 11.1 Å². The Morgan fingerprint density at radius 3 is 2.89 bits per heavy atom. The Labute approximate surface area is 115 Å². The van der Waals surface area contributed by atoms with Crippen LogP contribution in [0.2, 0.25) is 0 Å². The summed E-state index contributed by atoms with van der Waals surface area (Å²) >= 11 is 0. The van der Waals surface area contributed by atoms with Crippen molar-refractivity contribution in [1.29, 1.82) is 0 Å². The highest BCUT2D eigenvalue weighted by molar-refractivity contribution is 5.79. The number of nitrogens with two attached hydrogens (primary N) is 1. The Morgan fingerprint density at radius 1 is 1.32 bits per heavy atom. The highest BCUT2D eigenvalue weighted by atomic mass is 16.5. The second kappa shape index (κ2) is 7.82. The zero-order valence-electron chi connectivity index (χ0n) is 11.6. The maximum atomic E-state index is 11.8. The lowest BCUT2D eigenvalue weighted by molar-refractivity contribution is -0.125. The number of hydrogen-bond acceptors (Lipinski definition) is 4. The summed E-state index contributed by atoms with van der Waals surface area (Å²) in [5.41, 5.74) is 5.90. The van der Waals surface area contributed by atoms with Crippen molar-refractivity contribution in [3.05, 3.63) is 0 Å². The third-order valence-electron chi connectivity index (χ3n) is 4.00. The molecule has 3 atom stereocenters. The second-order valence-electron chi connectivity index (χ2n) is 5.56. The van der Waals surface area contributed by atoms with Crippen LogP contribution in [0.3, 0.4) is 0 Å². The molecule has 1 heterocycles. The summed E-state index contributed by atoms with van der Waals surface area (Å²) in [5.74, 6) is 0.136. The van der Waals surface area contributed by atoms with Crippen molar-refractivity contribution in [2.24, 2.45) is 11.7 Å². The Bertz CT molecular complexity index is 280. The van der Waals surface area contributed by atoms with E-state index in [2.05, 4.69) is 5.32 Å². The molecule has 1 aliphatic heterocycles. The van der Waals surface area contributed by atoms with E-state index in [4.69, 9.17) is 15.2 Å². The van der Waals surface area contributed by atoms with Gasteiger partial charge in [-0.3, -0.25) is 4.79 Å². The minimum Gasteiger partial charge on any atom is -0.379 e. The van der Waals surface area contributed by atoms with E-state index >= 15 is 0 Å². The van der Waals surface area contributed by atoms with Gasteiger partial charge in [0.25, 0.3) is 0 Å². The van der Waals surface area contributed by atoms with Gasteiger partial charge >= 0.3 is 0 Å². The molecular formula is C14H26N2O3. The molecular weight excluding hydrogens is 244 g/mol. The maximum absolute atomic E-state index is 11.8. The zero-order valence-corrected chi connectivity index (χ0v) is 11.6. The molecule has 110 valence electrons. The molecule has 3 unspecified atom stereocenters. The standard InChI is InChI=1S/C14H26N2O3/c15-13-6-1-5-12(13)14(17)16-7-3-8-18-10-11-4-2-9-19-11/h11-13H,1-10,15H2,(H,16,17). The normalized spacial score (nSPS) is 30.7. The largest absolute Gasteiger partial charge is 0.379 e. The molecule has 1 saturated carbocycles. The summed E-state index contributed by atoms with van der Waals surface area (Å²) < 4.78 is 11.0. The molecule has 0 aromatic carbocycles. The third kappa shape index (κ3) is 4.75. The molecule has 5 heteroatoms. The highest BCUT2D eigenvalue weighted by Crippen LogP contribution is 2.23. The van der Waals surface area contributed by atoms with Gasteiger partial charge in [0.05, 0.1) is 18.6 Å². The zero-order chi connectivity index (χ0) is 13.5. The lowest BCUT2D eigenvalue weighted by Gasteiger charge is -2.15. The Hall–Kier alpha value is -0.650. The van der Waals surface area contributed by atoms with E-state index in [1.54, 1.807) is 0 Å². The van der Waals surface area contributed by atoms with Gasteiger partial charge in [-0.1, -0.05) is 6.42 Å². The molecule has 2 rings (SSSR count). The van der Waals surface area contributed by atoms with Crippen LogP contribution in [0, 0.1) is 5.92 Å². The van der Waals surface area contributed by atoms with Gasteiger partial charge in [-0.2, -0.15) is 0 Å². The molecule has 3 N–H and O–H groups in total. The van der Waals surface area contributed by atoms with Crippen molar-refractivity contribution in [1.82, 2.24) is 5.32 Å². The number of ether oxygens (including phenoxy) is 2. The van der Waals surface area contributed by atoms with Crippen molar-refractivity contribution >= 4 is 5.91 Å². The Balaban J connectivity index is 1.46. The fraction of sp³-hybridized carbons (Fsp3) is 0.929. The quantitative estimate of drug-likeness (QED) is 0.672. The van der Waals surface area contributed by atoms with Crippen molar-refractivity contribution in [3.8, 4) is 0 Å². The van der Waals surface area contributed by atoms with Crippen LogP contribution in [-0.4, -0.2) is 44.4 Å². The van der Waals surface area contributed by atoms with Gasteiger partial charge in [-0.05, 0) is 32.1 Å². The fourth-order valence-electron chi connectivity index (χ4n) is 2.82. The molecule has 5 nitrogen and oxygen atoms in total.